The normalized spacial score (nSPS) is 11.3. The Morgan fingerprint density at radius 2 is 1.62 bits per heavy atom. The van der Waals surface area contributed by atoms with Crippen molar-refractivity contribution in [2.24, 2.45) is 0 Å². The van der Waals surface area contributed by atoms with E-state index in [4.69, 9.17) is 0 Å². The zero-order valence-corrected chi connectivity index (χ0v) is 12.9. The highest BCUT2D eigenvalue weighted by Crippen LogP contribution is 2.32. The molecule has 0 fully saturated rings. The molecule has 0 aliphatic rings. The molecule has 1 heterocycles. The molecule has 0 unspecified atom stereocenters. The average molecular weight is 349 g/mol. The van der Waals surface area contributed by atoms with Gasteiger partial charge < -0.3 is 0 Å². The van der Waals surface area contributed by atoms with Crippen molar-refractivity contribution in [2.45, 2.75) is 6.18 Å². The van der Waals surface area contributed by atoms with Gasteiger partial charge in [-0.1, -0.05) is 41.7 Å². The van der Waals surface area contributed by atoms with Gasteiger partial charge in [0.25, 0.3) is 5.91 Å². The number of nitrogens with one attached hydrogen (secondary N) is 1. The summed E-state index contributed by atoms with van der Waals surface area (Å²) < 4.78 is 37.7. The third kappa shape index (κ3) is 3.60. The second-order valence-electron chi connectivity index (χ2n) is 4.81. The first-order valence-corrected chi connectivity index (χ1v) is 7.63. The molecule has 1 amide bonds. The van der Waals surface area contributed by atoms with Crippen LogP contribution in [0, 0.1) is 0 Å². The molecular weight excluding hydrogens is 339 g/mol. The predicted molar refractivity (Wildman–Crippen MR) is 84.7 cm³/mol. The van der Waals surface area contributed by atoms with E-state index in [0.717, 1.165) is 23.5 Å². The van der Waals surface area contributed by atoms with E-state index in [-0.39, 0.29) is 11.0 Å². The molecule has 0 saturated heterocycles. The van der Waals surface area contributed by atoms with Crippen LogP contribution in [0.4, 0.5) is 18.3 Å². The molecule has 0 saturated carbocycles. The molecule has 1 N–H and O–H groups in total. The van der Waals surface area contributed by atoms with Gasteiger partial charge in [0, 0.05) is 11.1 Å². The van der Waals surface area contributed by atoms with Gasteiger partial charge in [-0.3, -0.25) is 10.1 Å². The molecule has 3 rings (SSSR count). The first-order chi connectivity index (χ1) is 11.4. The fourth-order valence-corrected chi connectivity index (χ4v) is 2.70. The van der Waals surface area contributed by atoms with Gasteiger partial charge >= 0.3 is 6.18 Å². The summed E-state index contributed by atoms with van der Waals surface area (Å²) in [6.07, 6.45) is -4.38. The molecule has 1 aromatic heterocycles. The van der Waals surface area contributed by atoms with Crippen molar-refractivity contribution in [1.82, 2.24) is 10.2 Å². The van der Waals surface area contributed by atoms with Gasteiger partial charge in [0.15, 0.2) is 0 Å². The smallest absolute Gasteiger partial charge is 0.296 e. The van der Waals surface area contributed by atoms with Crippen LogP contribution in [0.1, 0.15) is 15.9 Å². The first-order valence-electron chi connectivity index (χ1n) is 6.81. The lowest BCUT2D eigenvalue weighted by Gasteiger charge is -2.06. The van der Waals surface area contributed by atoms with E-state index in [1.165, 1.54) is 12.1 Å². The van der Waals surface area contributed by atoms with Crippen molar-refractivity contribution < 1.29 is 18.0 Å². The minimum absolute atomic E-state index is 0.277. The van der Waals surface area contributed by atoms with Crippen LogP contribution in [-0.4, -0.2) is 16.1 Å². The zero-order chi connectivity index (χ0) is 17.2. The second kappa shape index (κ2) is 6.40. The Kier molecular flexibility index (Phi) is 4.30. The van der Waals surface area contributed by atoms with E-state index in [1.54, 1.807) is 30.3 Å². The molecule has 0 aliphatic carbocycles. The van der Waals surface area contributed by atoms with Crippen LogP contribution in [0.2, 0.25) is 0 Å². The SMILES string of the molecule is O=C(Nc1nnc(-c2ccc(C(F)(F)F)cc2)s1)c1ccccc1. The van der Waals surface area contributed by atoms with Crippen molar-refractivity contribution >= 4 is 22.4 Å². The highest BCUT2D eigenvalue weighted by atomic mass is 32.1. The molecule has 0 aliphatic heterocycles. The predicted octanol–water partition coefficient (Wildman–Crippen LogP) is 4.48. The number of benzene rings is 2. The molecule has 2 aromatic carbocycles. The fourth-order valence-electron chi connectivity index (χ4n) is 1.95. The topological polar surface area (TPSA) is 54.9 Å². The van der Waals surface area contributed by atoms with Crippen LogP contribution >= 0.6 is 11.3 Å². The van der Waals surface area contributed by atoms with Crippen LogP contribution in [-0.2, 0) is 6.18 Å². The largest absolute Gasteiger partial charge is 0.416 e. The summed E-state index contributed by atoms with van der Waals surface area (Å²) >= 11 is 1.09. The summed E-state index contributed by atoms with van der Waals surface area (Å²) in [5.41, 5.74) is 0.248. The molecular formula is C16H10F3N3OS. The quantitative estimate of drug-likeness (QED) is 0.759. The van der Waals surface area contributed by atoms with Crippen LogP contribution in [0.5, 0.6) is 0 Å². The summed E-state index contributed by atoms with van der Waals surface area (Å²) in [6, 6.07) is 13.2. The Morgan fingerprint density at radius 1 is 0.958 bits per heavy atom. The van der Waals surface area contributed by atoms with Crippen LogP contribution < -0.4 is 5.32 Å². The van der Waals surface area contributed by atoms with Gasteiger partial charge in [-0.05, 0) is 24.3 Å². The molecule has 0 radical (unpaired) electrons. The third-order valence-electron chi connectivity index (χ3n) is 3.14. The average Bonchev–Trinajstić information content (AvgIpc) is 3.03. The number of amides is 1. The number of hydrogen-bond acceptors (Lipinski definition) is 4. The maximum atomic E-state index is 12.6. The second-order valence-corrected chi connectivity index (χ2v) is 5.79. The lowest BCUT2D eigenvalue weighted by molar-refractivity contribution is -0.137. The van der Waals surface area contributed by atoms with Crippen molar-refractivity contribution in [3.05, 3.63) is 65.7 Å². The number of alkyl halides is 3. The number of nitrogens with zero attached hydrogens (tertiary/aromatic N) is 2. The molecule has 24 heavy (non-hydrogen) atoms. The minimum atomic E-state index is -4.38. The van der Waals surface area contributed by atoms with Crippen LogP contribution in [0.3, 0.4) is 0 Å². The summed E-state index contributed by atoms with van der Waals surface area (Å²) in [4.78, 5) is 12.0. The van der Waals surface area contributed by atoms with Gasteiger partial charge in [-0.15, -0.1) is 10.2 Å². The highest BCUT2D eigenvalue weighted by molar-refractivity contribution is 7.18. The lowest BCUT2D eigenvalue weighted by Crippen LogP contribution is -2.11. The minimum Gasteiger partial charge on any atom is -0.296 e. The number of hydrogen-bond donors (Lipinski definition) is 1. The number of halogens is 3. The summed E-state index contributed by atoms with van der Waals surface area (Å²) in [5, 5.41) is 11.1. The third-order valence-corrected chi connectivity index (χ3v) is 4.03. The van der Waals surface area contributed by atoms with E-state index in [9.17, 15) is 18.0 Å². The molecule has 4 nitrogen and oxygen atoms in total. The van der Waals surface area contributed by atoms with Crippen molar-refractivity contribution in [2.75, 3.05) is 5.32 Å². The first kappa shape index (κ1) is 16.1. The van der Waals surface area contributed by atoms with Crippen LogP contribution in [0.25, 0.3) is 10.6 Å². The summed E-state index contributed by atoms with van der Waals surface area (Å²) in [7, 11) is 0. The van der Waals surface area contributed by atoms with Crippen molar-refractivity contribution in [3.63, 3.8) is 0 Å². The Balaban J connectivity index is 1.75. The fraction of sp³-hybridized carbons (Fsp3) is 0.0625. The summed E-state index contributed by atoms with van der Waals surface area (Å²) in [6.45, 7) is 0. The van der Waals surface area contributed by atoms with Crippen molar-refractivity contribution in [1.29, 1.82) is 0 Å². The standard InChI is InChI=1S/C16H10F3N3OS/c17-16(18,19)12-8-6-11(7-9-12)14-21-22-15(24-14)20-13(23)10-4-2-1-3-5-10/h1-9H,(H,20,22,23). The van der Waals surface area contributed by atoms with Gasteiger partial charge in [-0.25, -0.2) is 0 Å². The van der Waals surface area contributed by atoms with E-state index < -0.39 is 11.7 Å². The molecule has 122 valence electrons. The Bertz CT molecular complexity index is 845. The van der Waals surface area contributed by atoms with Gasteiger partial charge in [-0.2, -0.15) is 13.2 Å². The van der Waals surface area contributed by atoms with E-state index >= 15 is 0 Å². The van der Waals surface area contributed by atoms with Crippen LogP contribution in [0.15, 0.2) is 54.6 Å². The van der Waals surface area contributed by atoms with Gasteiger partial charge in [0.2, 0.25) is 5.13 Å². The van der Waals surface area contributed by atoms with E-state index in [2.05, 4.69) is 15.5 Å². The zero-order valence-electron chi connectivity index (χ0n) is 12.0. The molecule has 0 spiro atoms. The number of carbonyl (C=O) groups is 1. The maximum Gasteiger partial charge on any atom is 0.416 e. The highest BCUT2D eigenvalue weighted by Gasteiger charge is 2.30. The van der Waals surface area contributed by atoms with Crippen molar-refractivity contribution in [3.8, 4) is 10.6 Å². The Labute approximate surface area is 139 Å². The van der Waals surface area contributed by atoms with E-state index in [1.807, 2.05) is 0 Å². The number of anilines is 1. The lowest BCUT2D eigenvalue weighted by atomic mass is 10.1. The monoisotopic (exact) mass is 349 g/mol. The molecule has 8 heteroatoms. The number of aromatic nitrogens is 2. The van der Waals surface area contributed by atoms with Gasteiger partial charge in [0.1, 0.15) is 5.01 Å². The number of rotatable bonds is 3. The van der Waals surface area contributed by atoms with E-state index in [0.29, 0.717) is 16.1 Å². The Morgan fingerprint density at radius 3 is 2.25 bits per heavy atom. The van der Waals surface area contributed by atoms with Gasteiger partial charge in [0.05, 0.1) is 5.56 Å². The maximum absolute atomic E-state index is 12.6. The molecule has 0 bridgehead atoms. The number of carbonyl (C=O) groups excluding carboxylic acids is 1. The Hall–Kier alpha value is -2.74. The molecule has 0 atom stereocenters. The summed E-state index contributed by atoms with van der Waals surface area (Å²) in [5.74, 6) is -0.328. The molecule has 3 aromatic rings.